The third kappa shape index (κ3) is 4.79. The fourth-order valence-electron chi connectivity index (χ4n) is 3.30. The molecule has 0 atom stereocenters. The second-order valence-electron chi connectivity index (χ2n) is 9.69. The van der Waals surface area contributed by atoms with Crippen LogP contribution in [0, 0.1) is 0 Å². The van der Waals surface area contributed by atoms with Crippen molar-refractivity contribution in [3.8, 4) is 0 Å². The highest BCUT2D eigenvalue weighted by molar-refractivity contribution is 5.96. The largest absolute Gasteiger partial charge is 0.465 e. The second-order valence-corrected chi connectivity index (χ2v) is 9.69. The van der Waals surface area contributed by atoms with Crippen LogP contribution in [0.1, 0.15) is 63.0 Å². The number of hydrogen-bond donors (Lipinski definition) is 1. The lowest BCUT2D eigenvalue weighted by Gasteiger charge is -2.26. The summed E-state index contributed by atoms with van der Waals surface area (Å²) in [4.78, 5) is 11.8. The molecule has 0 saturated carbocycles. The second kappa shape index (κ2) is 7.55. The van der Waals surface area contributed by atoms with Crippen LogP contribution in [0.3, 0.4) is 0 Å². The van der Waals surface area contributed by atoms with Crippen molar-refractivity contribution < 1.29 is 9.53 Å². The first-order valence-electron chi connectivity index (χ1n) is 10.0. The van der Waals surface area contributed by atoms with Gasteiger partial charge in [0.2, 0.25) is 0 Å². The van der Waals surface area contributed by atoms with Crippen LogP contribution < -0.4 is 5.32 Å². The van der Waals surface area contributed by atoms with Crippen LogP contribution in [0.5, 0.6) is 0 Å². The minimum atomic E-state index is -0.317. The van der Waals surface area contributed by atoms with Crippen LogP contribution in [-0.2, 0) is 15.6 Å². The van der Waals surface area contributed by atoms with Gasteiger partial charge in [0, 0.05) is 11.4 Å². The molecule has 29 heavy (non-hydrogen) atoms. The van der Waals surface area contributed by atoms with E-state index in [1.807, 2.05) is 24.3 Å². The summed E-state index contributed by atoms with van der Waals surface area (Å²) in [5.74, 6) is -0.317. The van der Waals surface area contributed by atoms with Crippen molar-refractivity contribution in [1.29, 1.82) is 0 Å². The highest BCUT2D eigenvalue weighted by Gasteiger charge is 2.20. The highest BCUT2D eigenvalue weighted by Crippen LogP contribution is 2.33. The van der Waals surface area contributed by atoms with E-state index in [1.54, 1.807) is 6.07 Å². The number of esters is 1. The van der Waals surface area contributed by atoms with E-state index < -0.39 is 0 Å². The van der Waals surface area contributed by atoms with Gasteiger partial charge in [-0.3, -0.25) is 0 Å². The van der Waals surface area contributed by atoms with Gasteiger partial charge in [0.25, 0.3) is 0 Å². The molecule has 0 aliphatic rings. The van der Waals surface area contributed by atoms with Crippen molar-refractivity contribution >= 4 is 28.1 Å². The molecule has 0 spiro atoms. The Labute approximate surface area is 174 Å². The Kier molecular flexibility index (Phi) is 5.44. The lowest BCUT2D eigenvalue weighted by atomic mass is 9.80. The maximum Gasteiger partial charge on any atom is 0.337 e. The Morgan fingerprint density at radius 2 is 1.28 bits per heavy atom. The van der Waals surface area contributed by atoms with Crippen LogP contribution in [0.2, 0.25) is 0 Å². The Bertz CT molecular complexity index is 1020. The standard InChI is InChI=1S/C26H31NO2/c1-25(2,3)20-14-21(26(4,5)6)16-23(15-20)27-22-11-10-17-12-19(24(28)29-7)9-8-18(17)13-22/h8-16,27H,1-7H3. The van der Waals surface area contributed by atoms with E-state index in [1.165, 1.54) is 18.2 Å². The average Bonchev–Trinajstić information content (AvgIpc) is 2.65. The monoisotopic (exact) mass is 389 g/mol. The van der Waals surface area contributed by atoms with Crippen molar-refractivity contribution in [3.05, 3.63) is 71.3 Å². The Morgan fingerprint density at radius 1 is 0.724 bits per heavy atom. The molecule has 0 unspecified atom stereocenters. The van der Waals surface area contributed by atoms with Crippen molar-refractivity contribution in [3.63, 3.8) is 0 Å². The molecule has 0 amide bonds. The molecule has 0 aliphatic heterocycles. The third-order valence-electron chi connectivity index (χ3n) is 5.22. The summed E-state index contributed by atoms with van der Waals surface area (Å²) in [5.41, 5.74) is 5.46. The molecule has 3 aromatic rings. The molecule has 3 rings (SSSR count). The topological polar surface area (TPSA) is 38.3 Å². The van der Waals surface area contributed by atoms with E-state index in [0.29, 0.717) is 5.56 Å². The van der Waals surface area contributed by atoms with Crippen LogP contribution in [0.4, 0.5) is 11.4 Å². The predicted octanol–water partition coefficient (Wildman–Crippen LogP) is 6.97. The molecule has 3 nitrogen and oxygen atoms in total. The number of rotatable bonds is 3. The number of ether oxygens (including phenoxy) is 1. The molecule has 0 bridgehead atoms. The first kappa shape index (κ1) is 20.9. The van der Waals surface area contributed by atoms with Gasteiger partial charge < -0.3 is 10.1 Å². The minimum absolute atomic E-state index is 0.0748. The number of carbonyl (C=O) groups is 1. The zero-order chi connectivity index (χ0) is 21.4. The van der Waals surface area contributed by atoms with Gasteiger partial charge in [-0.2, -0.15) is 0 Å². The van der Waals surface area contributed by atoms with E-state index in [4.69, 9.17) is 4.74 Å². The molecule has 0 fully saturated rings. The lowest BCUT2D eigenvalue weighted by molar-refractivity contribution is 0.0601. The summed E-state index contributed by atoms with van der Waals surface area (Å²) in [5, 5.41) is 5.66. The maximum absolute atomic E-state index is 11.8. The van der Waals surface area contributed by atoms with Crippen molar-refractivity contribution in [2.75, 3.05) is 12.4 Å². The zero-order valence-corrected chi connectivity index (χ0v) is 18.5. The first-order chi connectivity index (χ1) is 13.5. The quantitative estimate of drug-likeness (QED) is 0.492. The van der Waals surface area contributed by atoms with Gasteiger partial charge in [0.15, 0.2) is 0 Å². The van der Waals surface area contributed by atoms with Gasteiger partial charge in [0.05, 0.1) is 12.7 Å². The number of fused-ring (bicyclic) bond motifs is 1. The Morgan fingerprint density at radius 3 is 1.83 bits per heavy atom. The number of anilines is 2. The fourth-order valence-corrected chi connectivity index (χ4v) is 3.30. The predicted molar refractivity (Wildman–Crippen MR) is 122 cm³/mol. The van der Waals surface area contributed by atoms with E-state index in [0.717, 1.165) is 22.1 Å². The van der Waals surface area contributed by atoms with E-state index in [-0.39, 0.29) is 16.8 Å². The lowest BCUT2D eigenvalue weighted by Crippen LogP contribution is -2.16. The van der Waals surface area contributed by atoms with Crippen LogP contribution >= 0.6 is 0 Å². The van der Waals surface area contributed by atoms with Gasteiger partial charge in [-0.15, -0.1) is 0 Å². The SMILES string of the molecule is COC(=O)c1ccc2cc(Nc3cc(C(C)(C)C)cc(C(C)(C)C)c3)ccc2c1. The molecule has 1 N–H and O–H groups in total. The smallest absolute Gasteiger partial charge is 0.337 e. The molecule has 0 saturated heterocycles. The van der Waals surface area contributed by atoms with Crippen molar-refractivity contribution in [2.24, 2.45) is 0 Å². The van der Waals surface area contributed by atoms with Crippen LogP contribution in [0.25, 0.3) is 10.8 Å². The minimum Gasteiger partial charge on any atom is -0.465 e. The molecular formula is C26H31NO2. The normalized spacial score (nSPS) is 12.1. The van der Waals surface area contributed by atoms with Gasteiger partial charge >= 0.3 is 5.97 Å². The van der Waals surface area contributed by atoms with Gasteiger partial charge in [-0.1, -0.05) is 59.7 Å². The maximum atomic E-state index is 11.8. The van der Waals surface area contributed by atoms with E-state index >= 15 is 0 Å². The van der Waals surface area contributed by atoms with Gasteiger partial charge in [-0.05, 0) is 69.1 Å². The molecule has 0 heterocycles. The number of nitrogens with one attached hydrogen (secondary N) is 1. The summed E-state index contributed by atoms with van der Waals surface area (Å²) >= 11 is 0. The zero-order valence-electron chi connectivity index (χ0n) is 18.5. The molecule has 3 aromatic carbocycles. The van der Waals surface area contributed by atoms with Crippen LogP contribution in [-0.4, -0.2) is 13.1 Å². The summed E-state index contributed by atoms with van der Waals surface area (Å²) < 4.78 is 4.81. The average molecular weight is 390 g/mol. The molecule has 0 radical (unpaired) electrons. The highest BCUT2D eigenvalue weighted by atomic mass is 16.5. The summed E-state index contributed by atoms with van der Waals surface area (Å²) in [7, 11) is 1.40. The number of hydrogen-bond acceptors (Lipinski definition) is 3. The summed E-state index contributed by atoms with van der Waals surface area (Å²) in [6, 6.07) is 18.6. The number of methoxy groups -OCH3 is 1. The van der Waals surface area contributed by atoms with E-state index in [9.17, 15) is 4.79 Å². The summed E-state index contributed by atoms with van der Waals surface area (Å²) in [6.07, 6.45) is 0. The van der Waals surface area contributed by atoms with Crippen LogP contribution in [0.15, 0.2) is 54.6 Å². The van der Waals surface area contributed by atoms with Gasteiger partial charge in [0.1, 0.15) is 0 Å². The Balaban J connectivity index is 1.98. The molecule has 152 valence electrons. The summed E-state index contributed by atoms with van der Waals surface area (Å²) in [6.45, 7) is 13.5. The van der Waals surface area contributed by atoms with Crippen molar-refractivity contribution in [1.82, 2.24) is 0 Å². The van der Waals surface area contributed by atoms with Crippen molar-refractivity contribution in [2.45, 2.75) is 52.4 Å². The van der Waals surface area contributed by atoms with Gasteiger partial charge in [-0.25, -0.2) is 4.79 Å². The number of carbonyl (C=O) groups excluding carboxylic acids is 1. The van der Waals surface area contributed by atoms with E-state index in [2.05, 4.69) is 71.1 Å². The first-order valence-corrected chi connectivity index (χ1v) is 10.0. The Hall–Kier alpha value is -2.81. The molecule has 3 heteroatoms. The molecule has 0 aromatic heterocycles. The molecule has 0 aliphatic carbocycles. The fraction of sp³-hybridized carbons (Fsp3) is 0.346. The molecular weight excluding hydrogens is 358 g/mol. The number of benzene rings is 3. The third-order valence-corrected chi connectivity index (χ3v) is 5.22.